The number of nitrogens with one attached hydrogen (secondary N) is 1. The molecule has 0 fully saturated rings. The van der Waals surface area contributed by atoms with E-state index in [1.807, 2.05) is 12.1 Å². The van der Waals surface area contributed by atoms with Crippen molar-refractivity contribution in [3.63, 3.8) is 0 Å². The number of halogens is 1. The molecule has 2 N–H and O–H groups in total. The average Bonchev–Trinajstić information content (AvgIpc) is 2.45. The normalized spacial score (nSPS) is 11.4. The standard InChI is InChI=1S/C17H29ClN2O/c1-5-16(6-2)20(9-10-21)17-8-7-15(18)11-14(17)12-19-13(3)4/h7-8,11,13,16,19,21H,5-6,9-10,12H2,1-4H3. The highest BCUT2D eigenvalue weighted by Gasteiger charge is 2.18. The molecular weight excluding hydrogens is 284 g/mol. The van der Waals surface area contributed by atoms with E-state index >= 15 is 0 Å². The van der Waals surface area contributed by atoms with Gasteiger partial charge in [0.1, 0.15) is 0 Å². The summed E-state index contributed by atoms with van der Waals surface area (Å²) >= 11 is 6.17. The van der Waals surface area contributed by atoms with Crippen molar-refractivity contribution in [3.8, 4) is 0 Å². The Morgan fingerprint density at radius 2 is 1.90 bits per heavy atom. The predicted molar refractivity (Wildman–Crippen MR) is 92.2 cm³/mol. The maximum atomic E-state index is 9.42. The maximum Gasteiger partial charge on any atom is 0.0606 e. The third-order valence-electron chi connectivity index (χ3n) is 3.78. The van der Waals surface area contributed by atoms with E-state index in [1.165, 1.54) is 11.3 Å². The van der Waals surface area contributed by atoms with E-state index in [4.69, 9.17) is 11.6 Å². The van der Waals surface area contributed by atoms with Crippen LogP contribution < -0.4 is 10.2 Å². The molecule has 4 heteroatoms. The number of benzene rings is 1. The molecule has 0 spiro atoms. The van der Waals surface area contributed by atoms with Crippen molar-refractivity contribution in [2.24, 2.45) is 0 Å². The lowest BCUT2D eigenvalue weighted by Crippen LogP contribution is -2.38. The van der Waals surface area contributed by atoms with Gasteiger partial charge in [0.15, 0.2) is 0 Å². The lowest BCUT2D eigenvalue weighted by molar-refractivity contribution is 0.296. The van der Waals surface area contributed by atoms with Crippen molar-refractivity contribution in [1.82, 2.24) is 5.32 Å². The number of aliphatic hydroxyl groups is 1. The van der Waals surface area contributed by atoms with Crippen LogP contribution in [0.4, 0.5) is 5.69 Å². The van der Waals surface area contributed by atoms with Gasteiger partial charge in [-0.2, -0.15) is 0 Å². The molecule has 0 heterocycles. The van der Waals surface area contributed by atoms with E-state index < -0.39 is 0 Å². The van der Waals surface area contributed by atoms with Crippen molar-refractivity contribution < 1.29 is 5.11 Å². The minimum Gasteiger partial charge on any atom is -0.395 e. The fourth-order valence-corrected chi connectivity index (χ4v) is 2.82. The van der Waals surface area contributed by atoms with Gasteiger partial charge >= 0.3 is 0 Å². The molecule has 0 aliphatic rings. The van der Waals surface area contributed by atoms with Gasteiger partial charge in [-0.3, -0.25) is 0 Å². The third-order valence-corrected chi connectivity index (χ3v) is 4.01. The van der Waals surface area contributed by atoms with Crippen LogP contribution in [0.15, 0.2) is 18.2 Å². The molecule has 21 heavy (non-hydrogen) atoms. The van der Waals surface area contributed by atoms with Crippen molar-refractivity contribution >= 4 is 17.3 Å². The first kappa shape index (κ1) is 18.3. The van der Waals surface area contributed by atoms with Crippen LogP contribution in [0.25, 0.3) is 0 Å². The number of rotatable bonds is 9. The quantitative estimate of drug-likeness (QED) is 0.727. The monoisotopic (exact) mass is 312 g/mol. The lowest BCUT2D eigenvalue weighted by atomic mass is 10.1. The molecule has 120 valence electrons. The van der Waals surface area contributed by atoms with Gasteiger partial charge in [0.25, 0.3) is 0 Å². The summed E-state index contributed by atoms with van der Waals surface area (Å²) in [5.74, 6) is 0. The lowest BCUT2D eigenvalue weighted by Gasteiger charge is -2.34. The van der Waals surface area contributed by atoms with E-state index in [2.05, 4.69) is 44.0 Å². The molecule has 0 amide bonds. The van der Waals surface area contributed by atoms with Gasteiger partial charge in [-0.25, -0.2) is 0 Å². The van der Waals surface area contributed by atoms with Crippen LogP contribution in [0.5, 0.6) is 0 Å². The first-order chi connectivity index (χ1) is 10.0. The second-order valence-corrected chi connectivity index (χ2v) is 6.13. The largest absolute Gasteiger partial charge is 0.395 e. The second kappa shape index (κ2) is 9.29. The number of hydrogen-bond acceptors (Lipinski definition) is 3. The summed E-state index contributed by atoms with van der Waals surface area (Å²) in [6.07, 6.45) is 2.13. The summed E-state index contributed by atoms with van der Waals surface area (Å²) in [7, 11) is 0. The Morgan fingerprint density at radius 3 is 2.43 bits per heavy atom. The van der Waals surface area contributed by atoms with Crippen LogP contribution in [0, 0.1) is 0 Å². The van der Waals surface area contributed by atoms with Gasteiger partial charge in [0.2, 0.25) is 0 Å². The highest BCUT2D eigenvalue weighted by atomic mass is 35.5. The molecule has 0 radical (unpaired) electrons. The fraction of sp³-hybridized carbons (Fsp3) is 0.647. The van der Waals surface area contributed by atoms with Gasteiger partial charge in [-0.1, -0.05) is 39.3 Å². The molecule has 3 nitrogen and oxygen atoms in total. The van der Waals surface area contributed by atoms with Gasteiger partial charge in [0.05, 0.1) is 6.61 Å². The zero-order chi connectivity index (χ0) is 15.8. The molecule has 1 aromatic rings. The van der Waals surface area contributed by atoms with Crippen LogP contribution in [-0.2, 0) is 6.54 Å². The van der Waals surface area contributed by atoms with E-state index in [0.29, 0.717) is 18.6 Å². The van der Waals surface area contributed by atoms with Crippen molar-refractivity contribution in [2.75, 3.05) is 18.1 Å². The Kier molecular flexibility index (Phi) is 8.09. The third kappa shape index (κ3) is 5.50. The molecule has 0 aliphatic carbocycles. The molecule has 0 aliphatic heterocycles. The summed E-state index contributed by atoms with van der Waals surface area (Å²) < 4.78 is 0. The van der Waals surface area contributed by atoms with Gasteiger partial charge in [-0.05, 0) is 36.6 Å². The smallest absolute Gasteiger partial charge is 0.0606 e. The molecule has 0 bridgehead atoms. The zero-order valence-electron chi connectivity index (χ0n) is 13.7. The Hall–Kier alpha value is -0.770. The summed E-state index contributed by atoms with van der Waals surface area (Å²) in [6, 6.07) is 6.90. The predicted octanol–water partition coefficient (Wildman–Crippen LogP) is 3.83. The van der Waals surface area contributed by atoms with Crippen molar-refractivity contribution in [3.05, 3.63) is 28.8 Å². The summed E-state index contributed by atoms with van der Waals surface area (Å²) in [5.41, 5.74) is 2.37. The Labute approximate surface area is 134 Å². The summed E-state index contributed by atoms with van der Waals surface area (Å²) in [4.78, 5) is 2.31. The van der Waals surface area contributed by atoms with E-state index in [-0.39, 0.29) is 6.61 Å². The zero-order valence-corrected chi connectivity index (χ0v) is 14.5. The maximum absolute atomic E-state index is 9.42. The highest BCUT2D eigenvalue weighted by Crippen LogP contribution is 2.27. The van der Waals surface area contributed by atoms with E-state index in [0.717, 1.165) is 24.4 Å². The van der Waals surface area contributed by atoms with Crippen LogP contribution in [0.3, 0.4) is 0 Å². The Morgan fingerprint density at radius 1 is 1.24 bits per heavy atom. The number of nitrogens with zero attached hydrogens (tertiary/aromatic N) is 1. The molecule has 0 atom stereocenters. The van der Waals surface area contributed by atoms with Crippen molar-refractivity contribution in [1.29, 1.82) is 0 Å². The average molecular weight is 313 g/mol. The Balaban J connectivity index is 3.10. The second-order valence-electron chi connectivity index (χ2n) is 5.70. The van der Waals surface area contributed by atoms with Gasteiger partial charge < -0.3 is 15.3 Å². The molecule has 0 saturated carbocycles. The van der Waals surface area contributed by atoms with Crippen LogP contribution in [-0.4, -0.2) is 30.3 Å². The molecule has 0 aromatic heterocycles. The number of hydrogen-bond donors (Lipinski definition) is 2. The molecule has 1 aromatic carbocycles. The van der Waals surface area contributed by atoms with Crippen molar-refractivity contribution in [2.45, 2.75) is 59.2 Å². The highest BCUT2D eigenvalue weighted by molar-refractivity contribution is 6.30. The fourth-order valence-electron chi connectivity index (χ4n) is 2.63. The molecule has 0 unspecified atom stereocenters. The number of anilines is 1. The topological polar surface area (TPSA) is 35.5 Å². The van der Waals surface area contributed by atoms with Crippen LogP contribution in [0.2, 0.25) is 5.02 Å². The first-order valence-electron chi connectivity index (χ1n) is 7.92. The van der Waals surface area contributed by atoms with Crippen LogP contribution in [0.1, 0.15) is 46.1 Å². The first-order valence-corrected chi connectivity index (χ1v) is 8.30. The molecule has 0 saturated heterocycles. The number of aliphatic hydroxyl groups excluding tert-OH is 1. The minimum absolute atomic E-state index is 0.163. The molecule has 1 rings (SSSR count). The minimum atomic E-state index is 0.163. The van der Waals surface area contributed by atoms with Crippen LogP contribution >= 0.6 is 11.6 Å². The SMILES string of the molecule is CCC(CC)N(CCO)c1ccc(Cl)cc1CNC(C)C. The molecular formula is C17H29ClN2O. The van der Waals surface area contributed by atoms with E-state index in [1.54, 1.807) is 0 Å². The Bertz CT molecular complexity index is 419. The summed E-state index contributed by atoms with van der Waals surface area (Å²) in [5, 5.41) is 13.6. The van der Waals surface area contributed by atoms with Gasteiger partial charge in [0, 0.05) is 35.9 Å². The van der Waals surface area contributed by atoms with Gasteiger partial charge in [-0.15, -0.1) is 0 Å². The van der Waals surface area contributed by atoms with E-state index in [9.17, 15) is 5.11 Å². The summed E-state index contributed by atoms with van der Waals surface area (Å²) in [6.45, 7) is 10.3.